The number of likely N-dealkylation sites (N-methyl/N-ethyl adjacent to an activating group) is 1. The summed E-state index contributed by atoms with van der Waals surface area (Å²) < 4.78 is 0. The van der Waals surface area contributed by atoms with Gasteiger partial charge in [-0.2, -0.15) is 0 Å². The van der Waals surface area contributed by atoms with Crippen molar-refractivity contribution < 1.29 is 4.79 Å². The van der Waals surface area contributed by atoms with E-state index in [1.807, 2.05) is 21.0 Å². The van der Waals surface area contributed by atoms with Crippen LogP contribution in [0.15, 0.2) is 0 Å². The summed E-state index contributed by atoms with van der Waals surface area (Å²) in [5.74, 6) is 0.0961. The maximum Gasteiger partial charge on any atom is 0.222 e. The highest BCUT2D eigenvalue weighted by atomic mass is 16.1. The van der Waals surface area contributed by atoms with E-state index >= 15 is 0 Å². The fraction of sp³-hybridized carbons (Fsp3) is 0.917. The van der Waals surface area contributed by atoms with Crippen LogP contribution < -0.4 is 11.1 Å². The third-order valence-corrected chi connectivity index (χ3v) is 3.16. The van der Waals surface area contributed by atoms with Gasteiger partial charge in [-0.15, -0.1) is 0 Å². The van der Waals surface area contributed by atoms with Gasteiger partial charge in [0.2, 0.25) is 5.91 Å². The number of hydrogen-bond donors (Lipinski definition) is 2. The molecule has 1 fully saturated rings. The molecule has 1 aliphatic rings. The van der Waals surface area contributed by atoms with Gasteiger partial charge in [-0.3, -0.25) is 4.79 Å². The first kappa shape index (κ1) is 13.5. The number of carbonyl (C=O) groups excluding carboxylic acids is 1. The average Bonchev–Trinajstić information content (AvgIpc) is 2.48. The molecule has 16 heavy (non-hydrogen) atoms. The highest BCUT2D eigenvalue weighted by Crippen LogP contribution is 2.29. The minimum atomic E-state index is -0.234. The van der Waals surface area contributed by atoms with Gasteiger partial charge >= 0.3 is 0 Å². The monoisotopic (exact) mass is 227 g/mol. The molecule has 0 bridgehead atoms. The van der Waals surface area contributed by atoms with Crippen molar-refractivity contribution in [2.24, 2.45) is 5.73 Å². The Kier molecular flexibility index (Phi) is 4.74. The van der Waals surface area contributed by atoms with Crippen LogP contribution in [0, 0.1) is 0 Å². The number of hydrogen-bond acceptors (Lipinski definition) is 3. The normalized spacial score (nSPS) is 21.1. The fourth-order valence-electron chi connectivity index (χ4n) is 2.49. The first-order valence-electron chi connectivity index (χ1n) is 6.14. The van der Waals surface area contributed by atoms with Crippen molar-refractivity contribution in [2.45, 2.75) is 50.6 Å². The van der Waals surface area contributed by atoms with Gasteiger partial charge in [-0.25, -0.2) is 0 Å². The smallest absolute Gasteiger partial charge is 0.222 e. The van der Waals surface area contributed by atoms with Crippen molar-refractivity contribution in [1.82, 2.24) is 10.2 Å². The zero-order chi connectivity index (χ0) is 12.2. The fourth-order valence-corrected chi connectivity index (χ4v) is 2.49. The maximum atomic E-state index is 11.8. The molecule has 1 unspecified atom stereocenters. The maximum absolute atomic E-state index is 11.8. The SMILES string of the molecule is CC(CN(C)C)NC(=O)CC1(N)CCCC1. The van der Waals surface area contributed by atoms with Crippen LogP contribution in [0.2, 0.25) is 0 Å². The van der Waals surface area contributed by atoms with E-state index in [-0.39, 0.29) is 17.5 Å². The van der Waals surface area contributed by atoms with Gasteiger partial charge in [-0.1, -0.05) is 12.8 Å². The van der Waals surface area contributed by atoms with Gasteiger partial charge < -0.3 is 16.0 Å². The summed E-state index contributed by atoms with van der Waals surface area (Å²) in [5, 5.41) is 3.00. The molecule has 4 nitrogen and oxygen atoms in total. The Hall–Kier alpha value is -0.610. The highest BCUT2D eigenvalue weighted by Gasteiger charge is 2.31. The van der Waals surface area contributed by atoms with Crippen LogP contribution in [-0.2, 0) is 4.79 Å². The second-order valence-corrected chi connectivity index (χ2v) is 5.48. The highest BCUT2D eigenvalue weighted by molar-refractivity contribution is 5.77. The van der Waals surface area contributed by atoms with E-state index in [1.165, 1.54) is 0 Å². The largest absolute Gasteiger partial charge is 0.352 e. The third-order valence-electron chi connectivity index (χ3n) is 3.16. The van der Waals surface area contributed by atoms with Gasteiger partial charge in [-0.05, 0) is 33.9 Å². The second-order valence-electron chi connectivity index (χ2n) is 5.48. The van der Waals surface area contributed by atoms with E-state index in [0.717, 1.165) is 32.2 Å². The molecular formula is C12H25N3O. The summed E-state index contributed by atoms with van der Waals surface area (Å²) in [6.07, 6.45) is 4.78. The molecule has 1 saturated carbocycles. The summed E-state index contributed by atoms with van der Waals surface area (Å²) in [4.78, 5) is 13.9. The summed E-state index contributed by atoms with van der Waals surface area (Å²) >= 11 is 0. The summed E-state index contributed by atoms with van der Waals surface area (Å²) in [6, 6.07) is 0.188. The van der Waals surface area contributed by atoms with E-state index in [4.69, 9.17) is 5.73 Å². The van der Waals surface area contributed by atoms with Crippen LogP contribution in [-0.4, -0.2) is 43.0 Å². The van der Waals surface area contributed by atoms with Crippen LogP contribution in [0.3, 0.4) is 0 Å². The van der Waals surface area contributed by atoms with Crippen molar-refractivity contribution in [3.05, 3.63) is 0 Å². The summed E-state index contributed by atoms with van der Waals surface area (Å²) in [6.45, 7) is 2.89. The predicted octanol–water partition coefficient (Wildman–Crippen LogP) is 0.714. The lowest BCUT2D eigenvalue weighted by atomic mass is 9.94. The number of rotatable bonds is 5. The molecule has 1 aliphatic carbocycles. The van der Waals surface area contributed by atoms with E-state index < -0.39 is 0 Å². The van der Waals surface area contributed by atoms with Crippen molar-refractivity contribution >= 4 is 5.91 Å². The van der Waals surface area contributed by atoms with Crippen molar-refractivity contribution in [2.75, 3.05) is 20.6 Å². The zero-order valence-corrected chi connectivity index (χ0v) is 10.8. The number of nitrogens with two attached hydrogens (primary N) is 1. The Morgan fingerprint density at radius 2 is 2.00 bits per heavy atom. The molecule has 1 atom stereocenters. The second kappa shape index (κ2) is 5.64. The summed E-state index contributed by atoms with van der Waals surface area (Å²) in [7, 11) is 4.01. The zero-order valence-electron chi connectivity index (χ0n) is 10.8. The van der Waals surface area contributed by atoms with Crippen molar-refractivity contribution in [1.29, 1.82) is 0 Å². The summed E-state index contributed by atoms with van der Waals surface area (Å²) in [5.41, 5.74) is 5.93. The molecule has 0 radical (unpaired) electrons. The molecule has 0 spiro atoms. The Morgan fingerprint density at radius 1 is 1.44 bits per heavy atom. The molecule has 0 saturated heterocycles. The lowest BCUT2D eigenvalue weighted by Gasteiger charge is -2.24. The van der Waals surface area contributed by atoms with Crippen LogP contribution in [0.1, 0.15) is 39.0 Å². The molecule has 0 aromatic carbocycles. The standard InChI is InChI=1S/C12H25N3O/c1-10(9-15(2)3)14-11(16)8-12(13)6-4-5-7-12/h10H,4-9,13H2,1-3H3,(H,14,16). The van der Waals surface area contributed by atoms with Crippen molar-refractivity contribution in [3.8, 4) is 0 Å². The molecule has 1 amide bonds. The molecule has 0 aromatic rings. The number of amides is 1. The lowest BCUT2D eigenvalue weighted by Crippen LogP contribution is -2.46. The van der Waals surface area contributed by atoms with E-state index in [2.05, 4.69) is 10.2 Å². The Balaban J connectivity index is 2.29. The first-order chi connectivity index (χ1) is 7.41. The third kappa shape index (κ3) is 4.49. The topological polar surface area (TPSA) is 58.4 Å². The van der Waals surface area contributed by atoms with Crippen molar-refractivity contribution in [3.63, 3.8) is 0 Å². The average molecular weight is 227 g/mol. The van der Waals surface area contributed by atoms with Gasteiger partial charge in [0, 0.05) is 24.5 Å². The number of carbonyl (C=O) groups is 1. The first-order valence-corrected chi connectivity index (χ1v) is 6.14. The van der Waals surface area contributed by atoms with E-state index in [9.17, 15) is 4.79 Å². The van der Waals surface area contributed by atoms with Crippen LogP contribution >= 0.6 is 0 Å². The van der Waals surface area contributed by atoms with Gasteiger partial charge in [0.25, 0.3) is 0 Å². The molecule has 94 valence electrons. The lowest BCUT2D eigenvalue weighted by molar-refractivity contribution is -0.122. The molecule has 4 heteroatoms. The minimum Gasteiger partial charge on any atom is -0.352 e. The minimum absolute atomic E-state index is 0.0961. The van der Waals surface area contributed by atoms with E-state index in [0.29, 0.717) is 6.42 Å². The molecule has 3 N–H and O–H groups in total. The van der Waals surface area contributed by atoms with Gasteiger partial charge in [0.15, 0.2) is 0 Å². The Labute approximate surface area is 98.6 Å². The molecule has 0 heterocycles. The molecule has 0 aromatic heterocycles. The van der Waals surface area contributed by atoms with Crippen LogP contribution in [0.25, 0.3) is 0 Å². The van der Waals surface area contributed by atoms with Gasteiger partial charge in [0.1, 0.15) is 0 Å². The molecule has 0 aliphatic heterocycles. The molecular weight excluding hydrogens is 202 g/mol. The Morgan fingerprint density at radius 3 is 2.50 bits per heavy atom. The predicted molar refractivity (Wildman–Crippen MR) is 66.2 cm³/mol. The Bertz CT molecular complexity index is 234. The van der Waals surface area contributed by atoms with Crippen LogP contribution in [0.4, 0.5) is 0 Å². The van der Waals surface area contributed by atoms with Gasteiger partial charge in [0.05, 0.1) is 0 Å². The number of nitrogens with one attached hydrogen (secondary N) is 1. The van der Waals surface area contributed by atoms with Crippen LogP contribution in [0.5, 0.6) is 0 Å². The quantitative estimate of drug-likeness (QED) is 0.727. The number of nitrogens with zero attached hydrogens (tertiary/aromatic N) is 1. The molecule has 1 rings (SSSR count). The van der Waals surface area contributed by atoms with E-state index in [1.54, 1.807) is 0 Å².